The van der Waals surface area contributed by atoms with Crippen LogP contribution in [0.25, 0.3) is 0 Å². The number of rotatable bonds is 7. The van der Waals surface area contributed by atoms with Crippen LogP contribution < -0.4 is 24.8 Å². The fourth-order valence-corrected chi connectivity index (χ4v) is 2.57. The van der Waals surface area contributed by atoms with Gasteiger partial charge in [0, 0.05) is 29.6 Å². The van der Waals surface area contributed by atoms with Crippen molar-refractivity contribution in [3.05, 3.63) is 54.4 Å². The molecule has 0 radical (unpaired) electrons. The molecule has 1 heterocycles. The van der Waals surface area contributed by atoms with E-state index < -0.39 is 0 Å². The van der Waals surface area contributed by atoms with Crippen molar-refractivity contribution in [1.29, 1.82) is 5.26 Å². The number of nitrogens with one attached hydrogen (secondary N) is 2. The van der Waals surface area contributed by atoms with Crippen LogP contribution in [0.3, 0.4) is 0 Å². The second-order valence-electron chi connectivity index (χ2n) is 5.64. The van der Waals surface area contributed by atoms with E-state index in [1.807, 2.05) is 12.1 Å². The summed E-state index contributed by atoms with van der Waals surface area (Å²) in [6.07, 6.45) is 1.45. The Morgan fingerprint density at radius 3 is 1.86 bits per heavy atom. The molecule has 0 saturated carbocycles. The van der Waals surface area contributed by atoms with Gasteiger partial charge in [-0.05, 0) is 24.3 Å². The molecule has 8 heteroatoms. The Morgan fingerprint density at radius 2 is 1.36 bits per heavy atom. The molecule has 142 valence electrons. The number of hydrogen-bond donors (Lipinski definition) is 2. The van der Waals surface area contributed by atoms with Crippen LogP contribution in [-0.4, -0.2) is 31.3 Å². The molecular weight excluding hydrogens is 358 g/mol. The van der Waals surface area contributed by atoms with Crippen LogP contribution in [0.1, 0.15) is 5.56 Å². The molecule has 0 saturated heterocycles. The number of nitrogens with zero attached hydrogens (tertiary/aromatic N) is 3. The third-order valence-electron chi connectivity index (χ3n) is 3.89. The summed E-state index contributed by atoms with van der Waals surface area (Å²) in [6.45, 7) is 0. The predicted molar refractivity (Wildman–Crippen MR) is 106 cm³/mol. The number of hydrogen-bond acceptors (Lipinski definition) is 8. The van der Waals surface area contributed by atoms with E-state index in [0.29, 0.717) is 34.4 Å². The monoisotopic (exact) mass is 377 g/mol. The van der Waals surface area contributed by atoms with Gasteiger partial charge in [-0.2, -0.15) is 5.26 Å². The van der Waals surface area contributed by atoms with Crippen molar-refractivity contribution in [3.8, 4) is 23.3 Å². The Morgan fingerprint density at radius 1 is 0.786 bits per heavy atom. The summed E-state index contributed by atoms with van der Waals surface area (Å²) in [6, 6.07) is 14.5. The van der Waals surface area contributed by atoms with E-state index in [1.165, 1.54) is 6.33 Å². The lowest BCUT2D eigenvalue weighted by molar-refractivity contribution is 0.324. The summed E-state index contributed by atoms with van der Waals surface area (Å²) >= 11 is 0. The Labute approximate surface area is 162 Å². The minimum absolute atomic E-state index is 0.515. The Balaban J connectivity index is 1.81. The highest BCUT2D eigenvalue weighted by molar-refractivity contribution is 5.68. The maximum Gasteiger partial charge on any atom is 0.203 e. The Hall–Kier alpha value is -3.99. The van der Waals surface area contributed by atoms with Gasteiger partial charge < -0.3 is 24.8 Å². The van der Waals surface area contributed by atoms with Crippen molar-refractivity contribution < 1.29 is 14.2 Å². The Kier molecular flexibility index (Phi) is 5.77. The predicted octanol–water partition coefficient (Wildman–Crippen LogP) is 3.86. The highest BCUT2D eigenvalue weighted by Gasteiger charge is 2.13. The fourth-order valence-electron chi connectivity index (χ4n) is 2.57. The van der Waals surface area contributed by atoms with E-state index in [-0.39, 0.29) is 0 Å². The average molecular weight is 377 g/mol. The van der Waals surface area contributed by atoms with Crippen molar-refractivity contribution in [2.45, 2.75) is 0 Å². The van der Waals surface area contributed by atoms with Gasteiger partial charge in [0.25, 0.3) is 0 Å². The molecule has 28 heavy (non-hydrogen) atoms. The van der Waals surface area contributed by atoms with Crippen LogP contribution in [0.5, 0.6) is 17.2 Å². The first-order chi connectivity index (χ1) is 13.7. The van der Waals surface area contributed by atoms with E-state index in [1.54, 1.807) is 51.7 Å². The van der Waals surface area contributed by atoms with Gasteiger partial charge in [-0.25, -0.2) is 9.97 Å². The topological polar surface area (TPSA) is 101 Å². The molecule has 0 aliphatic carbocycles. The molecule has 0 bridgehead atoms. The molecule has 2 aromatic carbocycles. The molecule has 0 aliphatic rings. The Bertz CT molecular complexity index is 974. The summed E-state index contributed by atoms with van der Waals surface area (Å²) in [5.41, 5.74) is 2.13. The van der Waals surface area contributed by atoms with Crippen LogP contribution in [0, 0.1) is 11.3 Å². The number of nitriles is 1. The fraction of sp³-hybridized carbons (Fsp3) is 0.150. The minimum Gasteiger partial charge on any atom is -0.493 e. The SMILES string of the molecule is COc1cc(Nc2cc(Nc3ccc(C#N)cc3)ncn2)cc(OC)c1OC. The summed E-state index contributed by atoms with van der Waals surface area (Å²) in [7, 11) is 4.68. The second kappa shape index (κ2) is 8.60. The van der Waals surface area contributed by atoms with Crippen molar-refractivity contribution in [3.63, 3.8) is 0 Å². The van der Waals surface area contributed by atoms with Gasteiger partial charge in [-0.15, -0.1) is 0 Å². The van der Waals surface area contributed by atoms with Gasteiger partial charge in [0.2, 0.25) is 5.75 Å². The lowest BCUT2D eigenvalue weighted by atomic mass is 10.2. The molecule has 3 aromatic rings. The quantitative estimate of drug-likeness (QED) is 0.640. The van der Waals surface area contributed by atoms with E-state index in [0.717, 1.165) is 11.4 Å². The van der Waals surface area contributed by atoms with Crippen LogP contribution in [-0.2, 0) is 0 Å². The molecule has 2 N–H and O–H groups in total. The van der Waals surface area contributed by atoms with Gasteiger partial charge in [-0.1, -0.05) is 0 Å². The summed E-state index contributed by atoms with van der Waals surface area (Å²) in [5.74, 6) is 2.78. The number of methoxy groups -OCH3 is 3. The van der Waals surface area contributed by atoms with Gasteiger partial charge >= 0.3 is 0 Å². The molecule has 0 atom stereocenters. The van der Waals surface area contributed by atoms with Crippen LogP contribution in [0.2, 0.25) is 0 Å². The largest absolute Gasteiger partial charge is 0.493 e. The van der Waals surface area contributed by atoms with Crippen molar-refractivity contribution in [1.82, 2.24) is 9.97 Å². The molecule has 0 amide bonds. The van der Waals surface area contributed by atoms with Gasteiger partial charge in [-0.3, -0.25) is 0 Å². The average Bonchev–Trinajstić information content (AvgIpc) is 2.73. The summed E-state index contributed by atoms with van der Waals surface area (Å²) in [5, 5.41) is 15.3. The number of benzene rings is 2. The lowest BCUT2D eigenvalue weighted by Gasteiger charge is -2.15. The molecule has 0 spiro atoms. The maximum absolute atomic E-state index is 8.88. The normalized spacial score (nSPS) is 9.93. The zero-order valence-electron chi connectivity index (χ0n) is 15.7. The standard InChI is InChI=1S/C20H19N5O3/c1-26-16-8-15(9-17(27-2)20(16)28-3)25-19-10-18(22-12-23-19)24-14-6-4-13(11-21)5-7-14/h4-10,12H,1-3H3,(H2,22,23,24,25). The van der Waals surface area contributed by atoms with Crippen molar-refractivity contribution in [2.75, 3.05) is 32.0 Å². The van der Waals surface area contributed by atoms with Crippen LogP contribution in [0.15, 0.2) is 48.8 Å². The van der Waals surface area contributed by atoms with Gasteiger partial charge in [0.1, 0.15) is 18.0 Å². The van der Waals surface area contributed by atoms with Crippen LogP contribution in [0.4, 0.5) is 23.0 Å². The minimum atomic E-state index is 0.515. The molecule has 8 nitrogen and oxygen atoms in total. The lowest BCUT2D eigenvalue weighted by Crippen LogP contribution is -2.00. The van der Waals surface area contributed by atoms with E-state index >= 15 is 0 Å². The first-order valence-corrected chi connectivity index (χ1v) is 8.33. The first-order valence-electron chi connectivity index (χ1n) is 8.33. The maximum atomic E-state index is 8.88. The highest BCUT2D eigenvalue weighted by Crippen LogP contribution is 2.40. The highest BCUT2D eigenvalue weighted by atomic mass is 16.5. The van der Waals surface area contributed by atoms with Crippen molar-refractivity contribution in [2.24, 2.45) is 0 Å². The molecule has 1 aromatic heterocycles. The van der Waals surface area contributed by atoms with E-state index in [9.17, 15) is 0 Å². The molecule has 0 fully saturated rings. The third kappa shape index (κ3) is 4.22. The second-order valence-corrected chi connectivity index (χ2v) is 5.64. The van der Waals surface area contributed by atoms with Crippen molar-refractivity contribution >= 4 is 23.0 Å². The zero-order chi connectivity index (χ0) is 19.9. The molecule has 3 rings (SSSR count). The van der Waals surface area contributed by atoms with Gasteiger partial charge in [0.05, 0.1) is 33.0 Å². The smallest absolute Gasteiger partial charge is 0.203 e. The summed E-state index contributed by atoms with van der Waals surface area (Å²) < 4.78 is 16.1. The van der Waals surface area contributed by atoms with Gasteiger partial charge in [0.15, 0.2) is 11.5 Å². The first kappa shape index (κ1) is 18.8. The van der Waals surface area contributed by atoms with E-state index in [4.69, 9.17) is 19.5 Å². The van der Waals surface area contributed by atoms with Crippen LogP contribution >= 0.6 is 0 Å². The summed E-state index contributed by atoms with van der Waals surface area (Å²) in [4.78, 5) is 8.46. The number of anilines is 4. The number of aromatic nitrogens is 2. The third-order valence-corrected chi connectivity index (χ3v) is 3.89. The number of ether oxygens (including phenoxy) is 3. The molecule has 0 unspecified atom stereocenters. The molecular formula is C20H19N5O3. The van der Waals surface area contributed by atoms with E-state index in [2.05, 4.69) is 26.7 Å². The molecule has 0 aliphatic heterocycles. The zero-order valence-corrected chi connectivity index (χ0v) is 15.7.